The van der Waals surface area contributed by atoms with E-state index in [0.29, 0.717) is 23.3 Å². The Morgan fingerprint density at radius 3 is 2.28 bits per heavy atom. The van der Waals surface area contributed by atoms with Crippen LogP contribution in [0.2, 0.25) is 0 Å². The summed E-state index contributed by atoms with van der Waals surface area (Å²) in [5.74, 6) is 0.726. The van der Waals surface area contributed by atoms with E-state index in [1.807, 2.05) is 82.3 Å². The Kier molecular flexibility index (Phi) is 4.98. The molecule has 0 N–H and O–H groups in total. The molecule has 3 aromatic carbocycles. The fourth-order valence-corrected chi connectivity index (χ4v) is 3.42. The predicted octanol–water partition coefficient (Wildman–Crippen LogP) is 6.27. The first-order valence-corrected chi connectivity index (χ1v) is 9.76. The molecule has 146 valence electrons. The zero-order chi connectivity index (χ0) is 20.5. The van der Waals surface area contributed by atoms with Crippen LogP contribution >= 0.6 is 0 Å². The van der Waals surface area contributed by atoms with Crippen molar-refractivity contribution in [1.82, 2.24) is 0 Å². The molecule has 4 aromatic rings. The molecule has 0 aliphatic rings. The molecule has 0 bridgehead atoms. The standard InChI is InChI=1S/C26H24O3/c1-16-8-10-21(11-9-16)25-26(28-15-20-7-5-6-17(2)12-20)24(27)22-13-18(3)19(4)14-23(22)29-25/h5-14H,15H2,1-4H3. The van der Waals surface area contributed by atoms with Gasteiger partial charge in [-0.25, -0.2) is 0 Å². The molecule has 0 atom stereocenters. The summed E-state index contributed by atoms with van der Waals surface area (Å²) in [6, 6.07) is 19.8. The van der Waals surface area contributed by atoms with Crippen LogP contribution in [0.25, 0.3) is 22.3 Å². The largest absolute Gasteiger partial charge is 0.481 e. The smallest absolute Gasteiger partial charge is 0.235 e. The van der Waals surface area contributed by atoms with Crippen molar-refractivity contribution in [1.29, 1.82) is 0 Å². The highest BCUT2D eigenvalue weighted by Gasteiger charge is 2.18. The summed E-state index contributed by atoms with van der Waals surface area (Å²) in [6.07, 6.45) is 0. The van der Waals surface area contributed by atoms with Crippen molar-refractivity contribution in [3.8, 4) is 17.1 Å². The van der Waals surface area contributed by atoms with Gasteiger partial charge in [0.25, 0.3) is 0 Å². The zero-order valence-electron chi connectivity index (χ0n) is 17.2. The maximum absolute atomic E-state index is 13.4. The fraction of sp³-hybridized carbons (Fsp3) is 0.192. The Labute approximate surface area is 170 Å². The number of ether oxygens (including phenoxy) is 1. The summed E-state index contributed by atoms with van der Waals surface area (Å²) < 4.78 is 12.3. The first-order valence-electron chi connectivity index (χ1n) is 9.76. The second kappa shape index (κ2) is 7.59. The molecule has 1 aromatic heterocycles. The van der Waals surface area contributed by atoms with E-state index in [0.717, 1.165) is 33.4 Å². The third-order valence-corrected chi connectivity index (χ3v) is 5.24. The number of rotatable bonds is 4. The molecule has 4 rings (SSSR count). The molecule has 0 spiro atoms. The maximum atomic E-state index is 13.4. The lowest BCUT2D eigenvalue weighted by Crippen LogP contribution is -2.11. The average molecular weight is 384 g/mol. The van der Waals surface area contributed by atoms with Gasteiger partial charge in [-0.1, -0.05) is 59.7 Å². The van der Waals surface area contributed by atoms with Crippen molar-refractivity contribution >= 4 is 11.0 Å². The van der Waals surface area contributed by atoms with Crippen molar-refractivity contribution in [2.24, 2.45) is 0 Å². The van der Waals surface area contributed by atoms with Crippen molar-refractivity contribution in [2.75, 3.05) is 0 Å². The molecule has 0 aliphatic heterocycles. The Morgan fingerprint density at radius 2 is 1.55 bits per heavy atom. The van der Waals surface area contributed by atoms with E-state index < -0.39 is 0 Å². The van der Waals surface area contributed by atoms with E-state index >= 15 is 0 Å². The van der Waals surface area contributed by atoms with Crippen molar-refractivity contribution in [3.05, 3.63) is 98.7 Å². The van der Waals surface area contributed by atoms with Gasteiger partial charge in [0.05, 0.1) is 5.39 Å². The van der Waals surface area contributed by atoms with Gasteiger partial charge in [0.2, 0.25) is 11.2 Å². The minimum Gasteiger partial charge on any atom is -0.481 e. The van der Waals surface area contributed by atoms with Crippen LogP contribution < -0.4 is 10.2 Å². The Hall–Kier alpha value is -3.33. The fourth-order valence-electron chi connectivity index (χ4n) is 3.42. The highest BCUT2D eigenvalue weighted by atomic mass is 16.5. The number of benzene rings is 3. The van der Waals surface area contributed by atoms with Crippen LogP contribution in [-0.2, 0) is 6.61 Å². The van der Waals surface area contributed by atoms with E-state index in [1.54, 1.807) is 0 Å². The topological polar surface area (TPSA) is 39.4 Å². The molecule has 0 aliphatic carbocycles. The molecule has 3 heteroatoms. The van der Waals surface area contributed by atoms with Crippen LogP contribution in [0.5, 0.6) is 5.75 Å². The Morgan fingerprint density at radius 1 is 0.828 bits per heavy atom. The van der Waals surface area contributed by atoms with E-state index in [-0.39, 0.29) is 11.2 Å². The van der Waals surface area contributed by atoms with E-state index in [4.69, 9.17) is 9.15 Å². The number of hydrogen-bond acceptors (Lipinski definition) is 3. The molecular formula is C26H24O3. The van der Waals surface area contributed by atoms with E-state index in [1.165, 1.54) is 0 Å². The van der Waals surface area contributed by atoms with Gasteiger partial charge in [-0.15, -0.1) is 0 Å². The molecule has 3 nitrogen and oxygen atoms in total. The number of aryl methyl sites for hydroxylation is 4. The van der Waals surface area contributed by atoms with Crippen molar-refractivity contribution in [3.63, 3.8) is 0 Å². The van der Waals surface area contributed by atoms with Gasteiger partial charge in [-0.05, 0) is 56.5 Å². The normalized spacial score (nSPS) is 11.0. The highest BCUT2D eigenvalue weighted by Crippen LogP contribution is 2.32. The monoisotopic (exact) mass is 384 g/mol. The minimum atomic E-state index is -0.141. The summed E-state index contributed by atoms with van der Waals surface area (Å²) in [4.78, 5) is 13.4. The summed E-state index contributed by atoms with van der Waals surface area (Å²) in [5.41, 5.74) is 6.72. The van der Waals surface area contributed by atoms with Crippen molar-refractivity contribution < 1.29 is 9.15 Å². The van der Waals surface area contributed by atoms with Gasteiger partial charge in [0.15, 0.2) is 5.76 Å². The van der Waals surface area contributed by atoms with Gasteiger partial charge in [-0.2, -0.15) is 0 Å². The van der Waals surface area contributed by atoms with Crippen LogP contribution in [0.15, 0.2) is 69.9 Å². The van der Waals surface area contributed by atoms with Crippen LogP contribution in [-0.4, -0.2) is 0 Å². The van der Waals surface area contributed by atoms with Crippen LogP contribution in [0.3, 0.4) is 0 Å². The molecular weight excluding hydrogens is 360 g/mol. The molecule has 0 fully saturated rings. The van der Waals surface area contributed by atoms with Gasteiger partial charge >= 0.3 is 0 Å². The second-order valence-electron chi connectivity index (χ2n) is 7.67. The average Bonchev–Trinajstić information content (AvgIpc) is 2.69. The summed E-state index contributed by atoms with van der Waals surface area (Å²) in [5, 5.41) is 0.545. The first-order chi connectivity index (χ1) is 13.9. The van der Waals surface area contributed by atoms with Crippen LogP contribution in [0.1, 0.15) is 27.8 Å². The van der Waals surface area contributed by atoms with Crippen LogP contribution in [0, 0.1) is 27.7 Å². The molecule has 0 radical (unpaired) electrons. The summed E-state index contributed by atoms with van der Waals surface area (Å²) in [7, 11) is 0. The Bertz CT molecular complexity index is 1250. The SMILES string of the molecule is Cc1ccc(-c2oc3cc(C)c(C)cc3c(=O)c2OCc2cccc(C)c2)cc1. The van der Waals surface area contributed by atoms with E-state index in [2.05, 4.69) is 6.07 Å². The first kappa shape index (κ1) is 19.0. The summed E-state index contributed by atoms with van der Waals surface area (Å²) >= 11 is 0. The third-order valence-electron chi connectivity index (χ3n) is 5.24. The predicted molar refractivity (Wildman–Crippen MR) is 118 cm³/mol. The molecule has 0 saturated heterocycles. The molecule has 1 heterocycles. The van der Waals surface area contributed by atoms with Crippen molar-refractivity contribution in [2.45, 2.75) is 34.3 Å². The number of hydrogen-bond donors (Lipinski definition) is 0. The highest BCUT2D eigenvalue weighted by molar-refractivity contribution is 5.83. The van der Waals surface area contributed by atoms with Gasteiger partial charge in [0, 0.05) is 5.56 Å². The van der Waals surface area contributed by atoms with Gasteiger partial charge in [0.1, 0.15) is 12.2 Å². The third kappa shape index (κ3) is 3.81. The lowest BCUT2D eigenvalue weighted by atomic mass is 10.0. The molecule has 0 amide bonds. The lowest BCUT2D eigenvalue weighted by molar-refractivity contribution is 0.298. The number of fused-ring (bicyclic) bond motifs is 1. The minimum absolute atomic E-state index is 0.141. The van der Waals surface area contributed by atoms with E-state index in [9.17, 15) is 4.79 Å². The Balaban J connectivity index is 1.88. The van der Waals surface area contributed by atoms with Crippen LogP contribution in [0.4, 0.5) is 0 Å². The zero-order valence-corrected chi connectivity index (χ0v) is 17.2. The lowest BCUT2D eigenvalue weighted by Gasteiger charge is -2.13. The summed E-state index contributed by atoms with van der Waals surface area (Å²) in [6.45, 7) is 8.39. The van der Waals surface area contributed by atoms with Gasteiger partial charge in [-0.3, -0.25) is 4.79 Å². The van der Waals surface area contributed by atoms with Gasteiger partial charge < -0.3 is 9.15 Å². The molecule has 0 saturated carbocycles. The molecule has 0 unspecified atom stereocenters. The second-order valence-corrected chi connectivity index (χ2v) is 7.67. The maximum Gasteiger partial charge on any atom is 0.235 e. The molecule has 29 heavy (non-hydrogen) atoms. The quantitative estimate of drug-likeness (QED) is 0.416.